The van der Waals surface area contributed by atoms with Crippen molar-refractivity contribution in [2.24, 2.45) is 0 Å². The summed E-state index contributed by atoms with van der Waals surface area (Å²) in [5.41, 5.74) is 2.22. The van der Waals surface area contributed by atoms with E-state index in [1.165, 1.54) is 5.57 Å². The number of halogens is 1. The second kappa shape index (κ2) is 6.09. The van der Waals surface area contributed by atoms with Crippen molar-refractivity contribution in [3.63, 3.8) is 0 Å². The molecule has 1 N–H and O–H groups in total. The highest BCUT2D eigenvalue weighted by Gasteiger charge is 2.07. The first-order valence-electron chi connectivity index (χ1n) is 5.22. The Morgan fingerprint density at radius 2 is 2.00 bits per heavy atom. The van der Waals surface area contributed by atoms with E-state index in [0.717, 1.165) is 22.9 Å². The van der Waals surface area contributed by atoms with Crippen molar-refractivity contribution in [2.45, 2.75) is 32.8 Å². The second-order valence-electron chi connectivity index (χ2n) is 3.73. The Morgan fingerprint density at radius 1 is 1.40 bits per heavy atom. The van der Waals surface area contributed by atoms with Crippen LogP contribution >= 0.6 is 15.9 Å². The van der Waals surface area contributed by atoms with Crippen LogP contribution in [-0.2, 0) is 0 Å². The standard InChI is InChI=1S/C13H17BrO/c1-3-4-10(2)9-13(15)11-5-7-12(14)8-6-11/h4-8,13,15H,3,9H2,1-2H3/b10-4+. The van der Waals surface area contributed by atoms with Crippen LogP contribution in [0.5, 0.6) is 0 Å². The van der Waals surface area contributed by atoms with E-state index in [4.69, 9.17) is 0 Å². The van der Waals surface area contributed by atoms with Gasteiger partial charge in [0.2, 0.25) is 0 Å². The molecule has 1 aromatic rings. The summed E-state index contributed by atoms with van der Waals surface area (Å²) in [6, 6.07) is 7.82. The van der Waals surface area contributed by atoms with Gasteiger partial charge in [-0.15, -0.1) is 0 Å². The quantitative estimate of drug-likeness (QED) is 0.811. The minimum atomic E-state index is -0.388. The molecule has 0 saturated carbocycles. The van der Waals surface area contributed by atoms with Crippen LogP contribution in [0, 0.1) is 0 Å². The molecule has 0 aromatic heterocycles. The van der Waals surface area contributed by atoms with E-state index in [-0.39, 0.29) is 6.10 Å². The molecule has 0 aliphatic heterocycles. The molecule has 0 amide bonds. The van der Waals surface area contributed by atoms with E-state index < -0.39 is 0 Å². The molecule has 0 fully saturated rings. The summed E-state index contributed by atoms with van der Waals surface area (Å²) in [6.07, 6.45) is 3.51. The van der Waals surface area contributed by atoms with Crippen LogP contribution < -0.4 is 0 Å². The topological polar surface area (TPSA) is 20.2 Å². The van der Waals surface area contributed by atoms with Gasteiger partial charge in [-0.05, 0) is 37.5 Å². The average Bonchev–Trinajstić information content (AvgIpc) is 2.18. The minimum absolute atomic E-state index is 0.388. The molecule has 0 saturated heterocycles. The van der Waals surface area contributed by atoms with Gasteiger partial charge in [0, 0.05) is 4.47 Å². The lowest BCUT2D eigenvalue weighted by Gasteiger charge is -2.11. The highest BCUT2D eigenvalue weighted by atomic mass is 79.9. The van der Waals surface area contributed by atoms with Gasteiger partial charge in [-0.1, -0.05) is 46.6 Å². The zero-order valence-corrected chi connectivity index (χ0v) is 10.8. The van der Waals surface area contributed by atoms with Crippen LogP contribution in [0.1, 0.15) is 38.4 Å². The van der Waals surface area contributed by atoms with Gasteiger partial charge in [-0.25, -0.2) is 0 Å². The number of hydrogen-bond acceptors (Lipinski definition) is 1. The van der Waals surface area contributed by atoms with Gasteiger partial charge in [0.1, 0.15) is 0 Å². The zero-order valence-electron chi connectivity index (χ0n) is 9.20. The number of aliphatic hydroxyl groups excluding tert-OH is 1. The Bertz CT molecular complexity index is 327. The summed E-state index contributed by atoms with van der Waals surface area (Å²) in [4.78, 5) is 0. The fourth-order valence-electron chi connectivity index (χ4n) is 1.54. The predicted octanol–water partition coefficient (Wildman–Crippen LogP) is 4.23. The number of rotatable bonds is 4. The molecule has 0 aliphatic carbocycles. The smallest absolute Gasteiger partial charge is 0.0827 e. The summed E-state index contributed by atoms with van der Waals surface area (Å²) in [5.74, 6) is 0. The van der Waals surface area contributed by atoms with Gasteiger partial charge >= 0.3 is 0 Å². The maximum absolute atomic E-state index is 9.95. The van der Waals surface area contributed by atoms with Crippen LogP contribution in [0.4, 0.5) is 0 Å². The Hall–Kier alpha value is -0.600. The van der Waals surface area contributed by atoms with Crippen molar-refractivity contribution in [3.05, 3.63) is 46.0 Å². The number of benzene rings is 1. The van der Waals surface area contributed by atoms with Crippen LogP contribution in [0.25, 0.3) is 0 Å². The van der Waals surface area contributed by atoms with E-state index >= 15 is 0 Å². The molecular weight excluding hydrogens is 252 g/mol. The summed E-state index contributed by atoms with van der Waals surface area (Å²) in [7, 11) is 0. The molecule has 0 bridgehead atoms. The highest BCUT2D eigenvalue weighted by Crippen LogP contribution is 2.22. The van der Waals surface area contributed by atoms with Gasteiger partial charge in [-0.3, -0.25) is 0 Å². The SMILES string of the molecule is CC/C=C(\C)CC(O)c1ccc(Br)cc1. The van der Waals surface area contributed by atoms with Gasteiger partial charge < -0.3 is 5.11 Å². The highest BCUT2D eigenvalue weighted by molar-refractivity contribution is 9.10. The first-order chi connectivity index (χ1) is 7.13. The minimum Gasteiger partial charge on any atom is -0.388 e. The van der Waals surface area contributed by atoms with Gasteiger partial charge in [0.05, 0.1) is 6.10 Å². The Balaban J connectivity index is 2.65. The third-order valence-electron chi connectivity index (χ3n) is 2.32. The van der Waals surface area contributed by atoms with E-state index in [1.807, 2.05) is 24.3 Å². The van der Waals surface area contributed by atoms with Crippen LogP contribution in [0.3, 0.4) is 0 Å². The molecule has 1 atom stereocenters. The van der Waals surface area contributed by atoms with E-state index in [9.17, 15) is 5.11 Å². The Kier molecular flexibility index (Phi) is 5.06. The average molecular weight is 269 g/mol. The molecule has 1 rings (SSSR count). The summed E-state index contributed by atoms with van der Waals surface area (Å²) < 4.78 is 1.04. The summed E-state index contributed by atoms with van der Waals surface area (Å²) in [5, 5.41) is 9.95. The molecule has 1 nitrogen and oxygen atoms in total. The fourth-order valence-corrected chi connectivity index (χ4v) is 1.80. The molecule has 0 spiro atoms. The Labute approximate surface area is 100.0 Å². The molecule has 1 aromatic carbocycles. The van der Waals surface area contributed by atoms with Crippen molar-refractivity contribution in [1.82, 2.24) is 0 Å². The number of allylic oxidation sites excluding steroid dienone is 1. The molecule has 82 valence electrons. The molecule has 0 heterocycles. The monoisotopic (exact) mass is 268 g/mol. The van der Waals surface area contributed by atoms with Crippen LogP contribution in [0.15, 0.2) is 40.4 Å². The van der Waals surface area contributed by atoms with Crippen molar-refractivity contribution < 1.29 is 5.11 Å². The lowest BCUT2D eigenvalue weighted by molar-refractivity contribution is 0.178. The molecule has 1 unspecified atom stereocenters. The van der Waals surface area contributed by atoms with Crippen LogP contribution in [0.2, 0.25) is 0 Å². The van der Waals surface area contributed by atoms with Crippen molar-refractivity contribution in [3.8, 4) is 0 Å². The predicted molar refractivity (Wildman–Crippen MR) is 67.8 cm³/mol. The van der Waals surface area contributed by atoms with Crippen molar-refractivity contribution >= 4 is 15.9 Å². The van der Waals surface area contributed by atoms with E-state index in [0.29, 0.717) is 0 Å². The summed E-state index contributed by atoms with van der Waals surface area (Å²) >= 11 is 3.38. The molecule has 0 aliphatic rings. The first kappa shape index (κ1) is 12.5. The fraction of sp³-hybridized carbons (Fsp3) is 0.385. The molecular formula is C13H17BrO. The second-order valence-corrected chi connectivity index (χ2v) is 4.65. The maximum atomic E-state index is 9.95. The number of hydrogen-bond donors (Lipinski definition) is 1. The molecule has 2 heteroatoms. The normalized spacial score (nSPS) is 14.0. The first-order valence-corrected chi connectivity index (χ1v) is 6.02. The largest absolute Gasteiger partial charge is 0.388 e. The van der Waals surface area contributed by atoms with E-state index in [1.54, 1.807) is 0 Å². The van der Waals surface area contributed by atoms with Gasteiger partial charge in [0.15, 0.2) is 0 Å². The molecule has 15 heavy (non-hydrogen) atoms. The van der Waals surface area contributed by atoms with Crippen LogP contribution in [-0.4, -0.2) is 5.11 Å². The van der Waals surface area contributed by atoms with E-state index in [2.05, 4.69) is 35.9 Å². The van der Waals surface area contributed by atoms with Gasteiger partial charge in [0.25, 0.3) is 0 Å². The van der Waals surface area contributed by atoms with Gasteiger partial charge in [-0.2, -0.15) is 0 Å². The Morgan fingerprint density at radius 3 is 2.53 bits per heavy atom. The molecule has 0 radical (unpaired) electrons. The zero-order chi connectivity index (χ0) is 11.3. The van der Waals surface area contributed by atoms with Crippen molar-refractivity contribution in [1.29, 1.82) is 0 Å². The lowest BCUT2D eigenvalue weighted by Crippen LogP contribution is -1.97. The van der Waals surface area contributed by atoms with Crippen molar-refractivity contribution in [2.75, 3.05) is 0 Å². The third kappa shape index (κ3) is 4.18. The summed E-state index contributed by atoms with van der Waals surface area (Å²) in [6.45, 7) is 4.17. The lowest BCUT2D eigenvalue weighted by atomic mass is 10.0. The maximum Gasteiger partial charge on any atom is 0.0827 e. The third-order valence-corrected chi connectivity index (χ3v) is 2.85. The number of aliphatic hydroxyl groups is 1.